The van der Waals surface area contributed by atoms with Gasteiger partial charge in [-0.3, -0.25) is 0 Å². The number of hydrogen-bond donors (Lipinski definition) is 1. The summed E-state index contributed by atoms with van der Waals surface area (Å²) in [6, 6.07) is 6.94. The van der Waals surface area contributed by atoms with Gasteiger partial charge in [-0.05, 0) is 37.0 Å². The van der Waals surface area contributed by atoms with Crippen molar-refractivity contribution >= 4 is 5.69 Å². The molecule has 0 bridgehead atoms. The number of halogens is 1. The second kappa shape index (κ2) is 4.52. The van der Waals surface area contributed by atoms with E-state index in [4.69, 9.17) is 5.26 Å². The van der Waals surface area contributed by atoms with Crippen LogP contribution in [0.15, 0.2) is 18.2 Å². The number of nitriles is 1. The normalized spacial score (nSPS) is 24.1. The molecule has 2 rings (SSSR count). The van der Waals surface area contributed by atoms with E-state index in [9.17, 15) is 4.39 Å². The Hall–Kier alpha value is -1.56. The summed E-state index contributed by atoms with van der Waals surface area (Å²) in [7, 11) is 0. The molecule has 2 unspecified atom stereocenters. The summed E-state index contributed by atoms with van der Waals surface area (Å²) in [5, 5.41) is 12.1. The lowest BCUT2D eigenvalue weighted by molar-refractivity contribution is 0.556. The molecule has 16 heavy (non-hydrogen) atoms. The van der Waals surface area contributed by atoms with Gasteiger partial charge in [0.2, 0.25) is 0 Å². The molecule has 2 atom stereocenters. The van der Waals surface area contributed by atoms with E-state index in [2.05, 4.69) is 12.2 Å². The van der Waals surface area contributed by atoms with Crippen LogP contribution in [-0.2, 0) is 0 Å². The molecule has 1 aromatic carbocycles. The fourth-order valence-electron chi connectivity index (χ4n) is 2.27. The first-order chi connectivity index (χ1) is 7.70. The topological polar surface area (TPSA) is 35.8 Å². The van der Waals surface area contributed by atoms with Crippen LogP contribution < -0.4 is 5.32 Å². The van der Waals surface area contributed by atoms with Crippen molar-refractivity contribution in [3.63, 3.8) is 0 Å². The van der Waals surface area contributed by atoms with Gasteiger partial charge in [-0.15, -0.1) is 0 Å². The molecule has 0 amide bonds. The molecule has 1 aliphatic carbocycles. The standard InChI is InChI=1S/C13H15FN2/c1-9-3-2-4-13(9)16-11-5-6-12(14)10(7-11)8-15/h5-7,9,13,16H,2-4H2,1H3. The van der Waals surface area contributed by atoms with Crippen molar-refractivity contribution in [2.24, 2.45) is 5.92 Å². The van der Waals surface area contributed by atoms with Crippen molar-refractivity contribution in [2.75, 3.05) is 5.32 Å². The Bertz CT molecular complexity index is 422. The first-order valence-corrected chi connectivity index (χ1v) is 5.67. The van der Waals surface area contributed by atoms with E-state index in [1.165, 1.54) is 18.9 Å². The smallest absolute Gasteiger partial charge is 0.141 e. The third kappa shape index (κ3) is 2.16. The largest absolute Gasteiger partial charge is 0.382 e. The van der Waals surface area contributed by atoms with Crippen LogP contribution in [0.5, 0.6) is 0 Å². The van der Waals surface area contributed by atoms with Gasteiger partial charge in [0.05, 0.1) is 5.56 Å². The molecular weight excluding hydrogens is 203 g/mol. The van der Waals surface area contributed by atoms with Gasteiger partial charge in [-0.2, -0.15) is 5.26 Å². The molecule has 84 valence electrons. The van der Waals surface area contributed by atoms with Gasteiger partial charge in [0.25, 0.3) is 0 Å². The van der Waals surface area contributed by atoms with Gasteiger partial charge < -0.3 is 5.32 Å². The monoisotopic (exact) mass is 218 g/mol. The molecule has 0 aliphatic heterocycles. The van der Waals surface area contributed by atoms with Gasteiger partial charge in [-0.25, -0.2) is 4.39 Å². The Morgan fingerprint density at radius 1 is 1.44 bits per heavy atom. The van der Waals surface area contributed by atoms with Crippen molar-refractivity contribution in [1.29, 1.82) is 5.26 Å². The average molecular weight is 218 g/mol. The van der Waals surface area contributed by atoms with E-state index in [1.54, 1.807) is 12.1 Å². The van der Waals surface area contributed by atoms with Crippen LogP contribution in [0, 0.1) is 23.1 Å². The number of nitrogens with zero attached hydrogens (tertiary/aromatic N) is 1. The fraction of sp³-hybridized carbons (Fsp3) is 0.462. The first kappa shape index (κ1) is 10.9. The summed E-state index contributed by atoms with van der Waals surface area (Å²) < 4.78 is 13.1. The van der Waals surface area contributed by atoms with Gasteiger partial charge in [0, 0.05) is 11.7 Å². The Morgan fingerprint density at radius 3 is 2.88 bits per heavy atom. The minimum Gasteiger partial charge on any atom is -0.382 e. The van der Waals surface area contributed by atoms with Crippen LogP contribution in [-0.4, -0.2) is 6.04 Å². The van der Waals surface area contributed by atoms with Crippen molar-refractivity contribution in [1.82, 2.24) is 0 Å². The molecule has 1 aromatic rings. The SMILES string of the molecule is CC1CCCC1Nc1ccc(F)c(C#N)c1. The van der Waals surface area contributed by atoms with Crippen LogP contribution in [0.3, 0.4) is 0 Å². The number of rotatable bonds is 2. The Balaban J connectivity index is 2.13. The van der Waals surface area contributed by atoms with E-state index < -0.39 is 5.82 Å². The molecule has 1 saturated carbocycles. The van der Waals surface area contributed by atoms with Crippen LogP contribution in [0.1, 0.15) is 31.7 Å². The molecule has 1 fully saturated rings. The summed E-state index contributed by atoms with van der Waals surface area (Å²) in [6.07, 6.45) is 3.63. The Morgan fingerprint density at radius 2 is 2.25 bits per heavy atom. The zero-order valence-corrected chi connectivity index (χ0v) is 9.33. The predicted octanol–water partition coefficient (Wildman–Crippen LogP) is 3.30. The molecule has 1 N–H and O–H groups in total. The van der Waals surface area contributed by atoms with Crippen LogP contribution in [0.4, 0.5) is 10.1 Å². The highest BCUT2D eigenvalue weighted by molar-refractivity contribution is 5.50. The molecule has 0 heterocycles. The second-order valence-electron chi connectivity index (χ2n) is 4.47. The highest BCUT2D eigenvalue weighted by atomic mass is 19.1. The zero-order chi connectivity index (χ0) is 11.5. The molecule has 0 radical (unpaired) electrons. The molecule has 3 heteroatoms. The van der Waals surface area contributed by atoms with E-state index in [0.29, 0.717) is 12.0 Å². The van der Waals surface area contributed by atoms with Crippen LogP contribution in [0.25, 0.3) is 0 Å². The first-order valence-electron chi connectivity index (χ1n) is 5.67. The quantitative estimate of drug-likeness (QED) is 0.826. The number of anilines is 1. The Kier molecular flexibility index (Phi) is 3.09. The zero-order valence-electron chi connectivity index (χ0n) is 9.33. The second-order valence-corrected chi connectivity index (χ2v) is 4.47. The lowest BCUT2D eigenvalue weighted by Crippen LogP contribution is -2.21. The van der Waals surface area contributed by atoms with Gasteiger partial charge >= 0.3 is 0 Å². The lowest BCUT2D eigenvalue weighted by Gasteiger charge is -2.18. The molecule has 1 aliphatic rings. The van der Waals surface area contributed by atoms with Crippen molar-refractivity contribution < 1.29 is 4.39 Å². The van der Waals surface area contributed by atoms with E-state index in [-0.39, 0.29) is 5.56 Å². The van der Waals surface area contributed by atoms with E-state index in [1.807, 2.05) is 6.07 Å². The molecular formula is C13H15FN2. The Labute approximate surface area is 95.1 Å². The highest BCUT2D eigenvalue weighted by Crippen LogP contribution is 2.28. The minimum absolute atomic E-state index is 0.107. The summed E-state index contributed by atoms with van der Waals surface area (Å²) in [5.41, 5.74) is 0.951. The third-order valence-corrected chi connectivity index (χ3v) is 3.30. The molecule has 0 saturated heterocycles. The van der Waals surface area contributed by atoms with Gasteiger partial charge in [-0.1, -0.05) is 13.3 Å². The molecule has 0 spiro atoms. The summed E-state index contributed by atoms with van der Waals surface area (Å²) in [4.78, 5) is 0. The average Bonchev–Trinajstić information content (AvgIpc) is 2.67. The van der Waals surface area contributed by atoms with E-state index in [0.717, 1.165) is 12.1 Å². The molecule has 2 nitrogen and oxygen atoms in total. The summed E-state index contributed by atoms with van der Waals surface area (Å²) in [6.45, 7) is 2.22. The maximum atomic E-state index is 13.1. The number of hydrogen-bond acceptors (Lipinski definition) is 2. The maximum Gasteiger partial charge on any atom is 0.141 e. The van der Waals surface area contributed by atoms with Crippen LogP contribution >= 0.6 is 0 Å². The maximum absolute atomic E-state index is 13.1. The highest BCUT2D eigenvalue weighted by Gasteiger charge is 2.23. The summed E-state index contributed by atoms with van der Waals surface area (Å²) >= 11 is 0. The fourth-order valence-corrected chi connectivity index (χ4v) is 2.27. The molecule has 0 aromatic heterocycles. The van der Waals surface area contributed by atoms with Crippen LogP contribution in [0.2, 0.25) is 0 Å². The van der Waals surface area contributed by atoms with E-state index >= 15 is 0 Å². The van der Waals surface area contributed by atoms with Crippen molar-refractivity contribution in [2.45, 2.75) is 32.2 Å². The summed E-state index contributed by atoms with van der Waals surface area (Å²) in [5.74, 6) is 0.197. The third-order valence-electron chi connectivity index (χ3n) is 3.30. The van der Waals surface area contributed by atoms with Gasteiger partial charge in [0.15, 0.2) is 0 Å². The number of nitrogens with one attached hydrogen (secondary N) is 1. The predicted molar refractivity (Wildman–Crippen MR) is 61.5 cm³/mol. The number of benzene rings is 1. The van der Waals surface area contributed by atoms with Crippen molar-refractivity contribution in [3.05, 3.63) is 29.6 Å². The minimum atomic E-state index is -0.451. The van der Waals surface area contributed by atoms with Crippen molar-refractivity contribution in [3.8, 4) is 6.07 Å². The lowest BCUT2D eigenvalue weighted by atomic mass is 10.1. The van der Waals surface area contributed by atoms with Gasteiger partial charge in [0.1, 0.15) is 11.9 Å².